The third kappa shape index (κ3) is 4.87. The van der Waals surface area contributed by atoms with E-state index in [0.29, 0.717) is 13.1 Å². The highest BCUT2D eigenvalue weighted by molar-refractivity contribution is 7.51. The summed E-state index contributed by atoms with van der Waals surface area (Å²) in [6.45, 7) is 1.01. The van der Waals surface area contributed by atoms with Crippen LogP contribution < -0.4 is 10.6 Å². The number of amides is 2. The number of carbonyl (C=O) groups is 2. The first-order valence-corrected chi connectivity index (χ1v) is 9.57. The van der Waals surface area contributed by atoms with Crippen LogP contribution in [0, 0.1) is 11.8 Å². The summed E-state index contributed by atoms with van der Waals surface area (Å²) in [4.78, 5) is 44.4. The topological polar surface area (TPSA) is 128 Å². The van der Waals surface area contributed by atoms with Crippen molar-refractivity contribution in [3.05, 3.63) is 12.2 Å². The first kappa shape index (κ1) is 19.1. The van der Waals surface area contributed by atoms with Gasteiger partial charge in [-0.05, 0) is 14.1 Å². The Morgan fingerprint density at radius 3 is 2.04 bits per heavy atom. The molecule has 0 saturated carbocycles. The Labute approximate surface area is 140 Å². The maximum Gasteiger partial charge on any atom is 0.327 e. The van der Waals surface area contributed by atoms with Crippen LogP contribution in [-0.4, -0.2) is 78.6 Å². The average molecular weight is 361 g/mol. The van der Waals surface area contributed by atoms with Crippen molar-refractivity contribution in [2.75, 3.05) is 39.9 Å². The molecule has 2 unspecified atom stereocenters. The first-order valence-electron chi connectivity index (χ1n) is 7.77. The highest BCUT2D eigenvalue weighted by atomic mass is 31.2. The molecule has 0 aromatic carbocycles. The number of fused-ring (bicyclic) bond motifs is 2. The minimum absolute atomic E-state index is 0.143. The van der Waals surface area contributed by atoms with Crippen LogP contribution in [0.1, 0.15) is 0 Å². The minimum atomic E-state index is -4.17. The van der Waals surface area contributed by atoms with Crippen LogP contribution in [0.3, 0.4) is 0 Å². The molecule has 0 spiro atoms. The molecule has 0 aromatic rings. The fourth-order valence-electron chi connectivity index (χ4n) is 2.90. The van der Waals surface area contributed by atoms with E-state index in [1.165, 1.54) is 0 Å². The van der Waals surface area contributed by atoms with Crippen LogP contribution in [-0.2, 0) is 18.9 Å². The van der Waals surface area contributed by atoms with Crippen LogP contribution in [0.5, 0.6) is 0 Å². The number of carbonyl (C=O) groups excluding carboxylic acids is 2. The largest absolute Gasteiger partial charge is 0.365 e. The highest BCUT2D eigenvalue weighted by Gasteiger charge is 2.52. The third-order valence-corrected chi connectivity index (χ3v) is 4.87. The van der Waals surface area contributed by atoms with Gasteiger partial charge < -0.3 is 30.1 Å². The number of nitrogens with zero attached hydrogens (tertiary/aromatic N) is 1. The normalized spacial score (nSPS) is 28.4. The number of rotatable bonds is 8. The van der Waals surface area contributed by atoms with Crippen LogP contribution in [0.25, 0.3) is 0 Å². The Morgan fingerprint density at radius 2 is 1.58 bits per heavy atom. The summed E-state index contributed by atoms with van der Waals surface area (Å²) in [5.41, 5.74) is 0. The van der Waals surface area contributed by atoms with Crippen LogP contribution >= 0.6 is 7.60 Å². The van der Waals surface area contributed by atoms with Gasteiger partial charge >= 0.3 is 7.60 Å². The number of ether oxygens (including phenoxy) is 1. The Morgan fingerprint density at radius 1 is 1.08 bits per heavy atom. The summed E-state index contributed by atoms with van der Waals surface area (Å²) in [6, 6.07) is 0. The predicted molar refractivity (Wildman–Crippen MR) is 86.3 cm³/mol. The van der Waals surface area contributed by atoms with Gasteiger partial charge in [0, 0.05) is 19.6 Å². The van der Waals surface area contributed by atoms with Crippen LogP contribution in [0.2, 0.25) is 0 Å². The molecule has 2 bridgehead atoms. The summed E-state index contributed by atoms with van der Waals surface area (Å²) < 4.78 is 16.5. The van der Waals surface area contributed by atoms with Gasteiger partial charge in [0.1, 0.15) is 0 Å². The summed E-state index contributed by atoms with van der Waals surface area (Å²) in [6.07, 6.45) is 2.18. The number of nitrogens with one attached hydrogen (secondary N) is 2. The second kappa shape index (κ2) is 7.76. The van der Waals surface area contributed by atoms with Crippen molar-refractivity contribution in [2.45, 2.75) is 12.2 Å². The fraction of sp³-hybridized carbons (Fsp3) is 0.714. The molecule has 2 aliphatic rings. The molecule has 2 heterocycles. The monoisotopic (exact) mass is 361 g/mol. The van der Waals surface area contributed by atoms with E-state index in [4.69, 9.17) is 14.5 Å². The van der Waals surface area contributed by atoms with Crippen molar-refractivity contribution >= 4 is 19.4 Å². The molecule has 2 rings (SSSR count). The van der Waals surface area contributed by atoms with Crippen molar-refractivity contribution < 1.29 is 28.7 Å². The van der Waals surface area contributed by atoms with Gasteiger partial charge in [0.05, 0.1) is 30.2 Å². The van der Waals surface area contributed by atoms with Gasteiger partial charge in [0.15, 0.2) is 0 Å². The summed E-state index contributed by atoms with van der Waals surface area (Å²) in [5, 5.41) is 5.30. The Hall–Kier alpha value is -1.25. The molecule has 4 N–H and O–H groups in total. The van der Waals surface area contributed by atoms with Crippen molar-refractivity contribution in [3.63, 3.8) is 0 Å². The van der Waals surface area contributed by atoms with Crippen molar-refractivity contribution in [1.82, 2.24) is 15.5 Å². The molecule has 9 nitrogen and oxygen atoms in total. The number of hydrogen-bond donors (Lipinski definition) is 4. The van der Waals surface area contributed by atoms with E-state index in [9.17, 15) is 14.2 Å². The van der Waals surface area contributed by atoms with Gasteiger partial charge in [-0.25, -0.2) is 0 Å². The molecule has 136 valence electrons. The zero-order valence-corrected chi connectivity index (χ0v) is 14.6. The van der Waals surface area contributed by atoms with E-state index in [1.807, 2.05) is 19.0 Å². The highest BCUT2D eigenvalue weighted by Crippen LogP contribution is 2.39. The van der Waals surface area contributed by atoms with Gasteiger partial charge in [-0.2, -0.15) is 0 Å². The molecule has 0 aliphatic carbocycles. The second-order valence-electron chi connectivity index (χ2n) is 6.28. The van der Waals surface area contributed by atoms with Crippen molar-refractivity contribution in [2.24, 2.45) is 11.8 Å². The molecule has 2 aliphatic heterocycles. The average Bonchev–Trinajstić information content (AvgIpc) is 3.05. The second-order valence-corrected chi connectivity index (χ2v) is 8.05. The lowest BCUT2D eigenvalue weighted by Crippen LogP contribution is -2.47. The lowest BCUT2D eigenvalue weighted by molar-refractivity contribution is -0.134. The van der Waals surface area contributed by atoms with E-state index in [2.05, 4.69) is 10.6 Å². The predicted octanol–water partition coefficient (Wildman–Crippen LogP) is -1.47. The summed E-state index contributed by atoms with van der Waals surface area (Å²) in [7, 11) is -0.378. The summed E-state index contributed by atoms with van der Waals surface area (Å²) in [5.74, 6) is -1.98. The quantitative estimate of drug-likeness (QED) is 0.307. The Kier molecular flexibility index (Phi) is 6.17. The molecular formula is C14H24N3O6P. The third-order valence-electron chi connectivity index (χ3n) is 4.07. The van der Waals surface area contributed by atoms with Crippen LogP contribution in [0.4, 0.5) is 0 Å². The van der Waals surface area contributed by atoms with E-state index >= 15 is 0 Å². The van der Waals surface area contributed by atoms with Crippen LogP contribution in [0.15, 0.2) is 12.2 Å². The molecule has 1 saturated heterocycles. The molecule has 0 aromatic heterocycles. The standard InChI is InChI=1S/C14H24N3O6P/c1-17(2)7-5-15-13(18)11-9-3-4-10(23-9)12(11)14(19)16-6-8-24(20,21)22/h3-4,9-12H,5-8H2,1-2H3,(H,15,18)(H,16,19)(H2,20,21,22)/t9-,10+,11?,12?/m0/s1. The Bertz CT molecular complexity index is 561. The minimum Gasteiger partial charge on any atom is -0.365 e. The molecular weight excluding hydrogens is 337 g/mol. The zero-order chi connectivity index (χ0) is 17.9. The Balaban J connectivity index is 1.94. The fourth-order valence-corrected chi connectivity index (χ4v) is 3.30. The van der Waals surface area contributed by atoms with Gasteiger partial charge in [-0.3, -0.25) is 14.2 Å². The molecule has 1 fully saturated rings. The summed E-state index contributed by atoms with van der Waals surface area (Å²) >= 11 is 0. The van der Waals surface area contributed by atoms with E-state index in [0.717, 1.165) is 0 Å². The molecule has 0 radical (unpaired) electrons. The van der Waals surface area contributed by atoms with Gasteiger partial charge in [0.2, 0.25) is 11.8 Å². The lowest BCUT2D eigenvalue weighted by atomic mass is 9.81. The smallest absolute Gasteiger partial charge is 0.327 e. The van der Waals surface area contributed by atoms with Crippen molar-refractivity contribution in [1.29, 1.82) is 0 Å². The lowest BCUT2D eigenvalue weighted by Gasteiger charge is -2.24. The zero-order valence-electron chi connectivity index (χ0n) is 13.7. The maximum absolute atomic E-state index is 12.4. The van der Waals surface area contributed by atoms with E-state index in [-0.39, 0.29) is 12.5 Å². The van der Waals surface area contributed by atoms with Gasteiger partial charge in [-0.1, -0.05) is 12.2 Å². The molecule has 2 amide bonds. The van der Waals surface area contributed by atoms with E-state index < -0.39 is 43.7 Å². The van der Waals surface area contributed by atoms with E-state index in [1.54, 1.807) is 12.2 Å². The molecule has 4 atom stereocenters. The van der Waals surface area contributed by atoms with Gasteiger partial charge in [0.25, 0.3) is 0 Å². The first-order chi connectivity index (χ1) is 11.2. The SMILES string of the molecule is CN(C)CCNC(=O)C1C(C(=O)NCCP(=O)(O)O)[C@H]2C=C[C@@H]1O2. The molecule has 24 heavy (non-hydrogen) atoms. The number of hydrogen-bond acceptors (Lipinski definition) is 5. The number of likely N-dealkylation sites (N-methyl/N-ethyl adjacent to an activating group) is 1. The van der Waals surface area contributed by atoms with Crippen molar-refractivity contribution in [3.8, 4) is 0 Å². The molecule has 10 heteroatoms. The maximum atomic E-state index is 12.4. The van der Waals surface area contributed by atoms with Gasteiger partial charge in [-0.15, -0.1) is 0 Å².